The Morgan fingerprint density at radius 1 is 1.31 bits per heavy atom. The third-order valence-corrected chi connectivity index (χ3v) is 4.15. The highest BCUT2D eigenvalue weighted by Crippen LogP contribution is 2.42. The standard InChI is InChI=1S/C13H16BrNO/c1-7(2)8(3)11-9-5-4-6-10(14)12(9)15-13(11)16/h4-8,11H,1-3H3,(H,15,16). The molecule has 1 N–H and O–H groups in total. The fraction of sp³-hybridized carbons (Fsp3) is 0.462. The van der Waals surface area contributed by atoms with Gasteiger partial charge in [-0.3, -0.25) is 4.79 Å². The summed E-state index contributed by atoms with van der Waals surface area (Å²) in [6.45, 7) is 6.47. The van der Waals surface area contributed by atoms with E-state index in [9.17, 15) is 4.79 Å². The van der Waals surface area contributed by atoms with Gasteiger partial charge in [0.05, 0.1) is 11.6 Å². The molecule has 0 spiro atoms. The molecule has 1 amide bonds. The molecule has 2 rings (SSSR count). The SMILES string of the molecule is CC(C)C(C)C1C(=O)Nc2c(Br)cccc21. The van der Waals surface area contributed by atoms with Crippen LogP contribution in [0.1, 0.15) is 32.3 Å². The Bertz CT molecular complexity index is 428. The van der Waals surface area contributed by atoms with Crippen LogP contribution in [0.5, 0.6) is 0 Å². The summed E-state index contributed by atoms with van der Waals surface area (Å²) in [6.07, 6.45) is 0. The fourth-order valence-corrected chi connectivity index (χ4v) is 2.66. The molecular weight excluding hydrogens is 266 g/mol. The smallest absolute Gasteiger partial charge is 0.232 e. The summed E-state index contributed by atoms with van der Waals surface area (Å²) in [5.74, 6) is 0.979. The molecule has 2 nitrogen and oxygen atoms in total. The summed E-state index contributed by atoms with van der Waals surface area (Å²) in [6, 6.07) is 5.99. The molecule has 0 aliphatic carbocycles. The van der Waals surface area contributed by atoms with Crippen molar-refractivity contribution in [1.29, 1.82) is 0 Å². The first-order valence-corrected chi connectivity index (χ1v) is 6.41. The number of halogens is 1. The number of rotatable bonds is 2. The first-order valence-electron chi connectivity index (χ1n) is 5.61. The van der Waals surface area contributed by atoms with Crippen molar-refractivity contribution in [2.24, 2.45) is 11.8 Å². The minimum absolute atomic E-state index is 0.00694. The molecule has 86 valence electrons. The lowest BCUT2D eigenvalue weighted by molar-refractivity contribution is -0.118. The molecule has 2 unspecified atom stereocenters. The minimum Gasteiger partial charge on any atom is -0.324 e. The van der Waals surface area contributed by atoms with Gasteiger partial charge in [0.1, 0.15) is 0 Å². The molecule has 0 aromatic heterocycles. The molecule has 3 heteroatoms. The third-order valence-electron chi connectivity index (χ3n) is 3.49. The second-order valence-corrected chi connectivity index (χ2v) is 5.63. The molecule has 0 saturated heterocycles. The maximum Gasteiger partial charge on any atom is 0.232 e. The Hall–Kier alpha value is -0.830. The van der Waals surface area contributed by atoms with Crippen LogP contribution in [0.2, 0.25) is 0 Å². The van der Waals surface area contributed by atoms with Crippen molar-refractivity contribution < 1.29 is 4.79 Å². The summed E-state index contributed by atoms with van der Waals surface area (Å²) in [5.41, 5.74) is 2.07. The summed E-state index contributed by atoms with van der Waals surface area (Å²) >= 11 is 3.47. The number of hydrogen-bond acceptors (Lipinski definition) is 1. The normalized spacial score (nSPS) is 20.8. The Labute approximate surface area is 105 Å². The van der Waals surface area contributed by atoms with Gasteiger partial charge < -0.3 is 5.32 Å². The van der Waals surface area contributed by atoms with E-state index in [1.165, 1.54) is 0 Å². The second kappa shape index (κ2) is 4.21. The van der Waals surface area contributed by atoms with Gasteiger partial charge >= 0.3 is 0 Å². The van der Waals surface area contributed by atoms with Crippen molar-refractivity contribution in [2.75, 3.05) is 5.32 Å². The topological polar surface area (TPSA) is 29.1 Å². The average molecular weight is 282 g/mol. The Morgan fingerprint density at radius 2 is 2.00 bits per heavy atom. The van der Waals surface area contributed by atoms with E-state index < -0.39 is 0 Å². The molecule has 16 heavy (non-hydrogen) atoms. The van der Waals surface area contributed by atoms with Crippen LogP contribution in [0.3, 0.4) is 0 Å². The minimum atomic E-state index is -0.00694. The van der Waals surface area contributed by atoms with Crippen molar-refractivity contribution in [2.45, 2.75) is 26.7 Å². The van der Waals surface area contributed by atoms with Crippen LogP contribution < -0.4 is 5.32 Å². The van der Waals surface area contributed by atoms with Gasteiger partial charge in [-0.05, 0) is 39.4 Å². The first kappa shape index (κ1) is 11.6. The maximum atomic E-state index is 12.0. The van der Waals surface area contributed by atoms with E-state index in [4.69, 9.17) is 0 Å². The highest BCUT2D eigenvalue weighted by atomic mass is 79.9. The number of amides is 1. The Morgan fingerprint density at radius 3 is 2.62 bits per heavy atom. The van der Waals surface area contributed by atoms with Gasteiger partial charge in [0.2, 0.25) is 5.91 Å². The number of carbonyl (C=O) groups is 1. The van der Waals surface area contributed by atoms with Gasteiger partial charge in [-0.2, -0.15) is 0 Å². The van der Waals surface area contributed by atoms with Crippen molar-refractivity contribution in [3.8, 4) is 0 Å². The molecule has 0 fully saturated rings. The number of fused-ring (bicyclic) bond motifs is 1. The lowest BCUT2D eigenvalue weighted by atomic mass is 9.81. The Balaban J connectivity index is 2.44. The van der Waals surface area contributed by atoms with Crippen LogP contribution in [0, 0.1) is 11.8 Å². The number of hydrogen-bond donors (Lipinski definition) is 1. The van der Waals surface area contributed by atoms with Crippen molar-refractivity contribution in [3.63, 3.8) is 0 Å². The van der Waals surface area contributed by atoms with Crippen molar-refractivity contribution >= 4 is 27.5 Å². The van der Waals surface area contributed by atoms with Gasteiger partial charge in [0.15, 0.2) is 0 Å². The zero-order valence-electron chi connectivity index (χ0n) is 9.75. The summed E-state index contributed by atoms with van der Waals surface area (Å²) in [5, 5.41) is 2.97. The van der Waals surface area contributed by atoms with E-state index in [2.05, 4.69) is 42.0 Å². The lowest BCUT2D eigenvalue weighted by Crippen LogP contribution is -2.22. The fourth-order valence-electron chi connectivity index (χ4n) is 2.18. The molecule has 2 atom stereocenters. The van der Waals surface area contributed by atoms with Gasteiger partial charge in [0.25, 0.3) is 0 Å². The summed E-state index contributed by atoms with van der Waals surface area (Å²) in [4.78, 5) is 12.0. The van der Waals surface area contributed by atoms with Crippen LogP contribution in [0.15, 0.2) is 22.7 Å². The van der Waals surface area contributed by atoms with Crippen LogP contribution in [0.4, 0.5) is 5.69 Å². The van der Waals surface area contributed by atoms with E-state index in [1.807, 2.05) is 18.2 Å². The van der Waals surface area contributed by atoms with Crippen LogP contribution >= 0.6 is 15.9 Å². The van der Waals surface area contributed by atoms with Gasteiger partial charge in [-0.1, -0.05) is 32.9 Å². The second-order valence-electron chi connectivity index (χ2n) is 4.77. The van der Waals surface area contributed by atoms with Crippen molar-refractivity contribution in [1.82, 2.24) is 0 Å². The predicted molar refractivity (Wildman–Crippen MR) is 69.5 cm³/mol. The monoisotopic (exact) mass is 281 g/mol. The van der Waals surface area contributed by atoms with Gasteiger partial charge in [-0.25, -0.2) is 0 Å². The predicted octanol–water partition coefficient (Wildman–Crippen LogP) is 3.78. The number of carbonyl (C=O) groups excluding carboxylic acids is 1. The molecule has 1 aliphatic rings. The maximum absolute atomic E-state index is 12.0. The quantitative estimate of drug-likeness (QED) is 0.878. The number of para-hydroxylation sites is 1. The van der Waals surface area contributed by atoms with E-state index in [0.717, 1.165) is 15.7 Å². The van der Waals surface area contributed by atoms with Crippen LogP contribution in [0.25, 0.3) is 0 Å². The van der Waals surface area contributed by atoms with E-state index >= 15 is 0 Å². The largest absolute Gasteiger partial charge is 0.324 e. The lowest BCUT2D eigenvalue weighted by Gasteiger charge is -2.21. The third kappa shape index (κ3) is 1.77. The first-order chi connectivity index (χ1) is 7.52. The molecule has 0 bridgehead atoms. The zero-order valence-corrected chi connectivity index (χ0v) is 11.3. The van der Waals surface area contributed by atoms with E-state index in [1.54, 1.807) is 0 Å². The van der Waals surface area contributed by atoms with Gasteiger partial charge in [0, 0.05) is 4.47 Å². The van der Waals surface area contributed by atoms with Gasteiger partial charge in [-0.15, -0.1) is 0 Å². The zero-order chi connectivity index (χ0) is 11.9. The van der Waals surface area contributed by atoms with Crippen molar-refractivity contribution in [3.05, 3.63) is 28.2 Å². The molecule has 1 aromatic carbocycles. The van der Waals surface area contributed by atoms with E-state index in [-0.39, 0.29) is 11.8 Å². The average Bonchev–Trinajstić information content (AvgIpc) is 2.55. The molecule has 1 aliphatic heterocycles. The number of nitrogens with one attached hydrogen (secondary N) is 1. The molecule has 0 saturated carbocycles. The van der Waals surface area contributed by atoms with Crippen LogP contribution in [-0.4, -0.2) is 5.91 Å². The molecule has 0 radical (unpaired) electrons. The van der Waals surface area contributed by atoms with Crippen LogP contribution in [-0.2, 0) is 4.79 Å². The Kier molecular flexibility index (Phi) is 3.06. The number of benzene rings is 1. The van der Waals surface area contributed by atoms with E-state index in [0.29, 0.717) is 11.8 Å². The summed E-state index contributed by atoms with van der Waals surface area (Å²) in [7, 11) is 0. The number of anilines is 1. The molecule has 1 aromatic rings. The summed E-state index contributed by atoms with van der Waals surface area (Å²) < 4.78 is 0.969. The highest BCUT2D eigenvalue weighted by Gasteiger charge is 2.36. The molecular formula is C13H16BrNO. The molecule has 1 heterocycles. The highest BCUT2D eigenvalue weighted by molar-refractivity contribution is 9.10.